The van der Waals surface area contributed by atoms with Crippen LogP contribution in [0.15, 0.2) is 30.3 Å². The van der Waals surface area contributed by atoms with Crippen LogP contribution in [0.4, 0.5) is 0 Å². The lowest BCUT2D eigenvalue weighted by molar-refractivity contribution is -0.137. The molecular weight excluding hydrogens is 312 g/mol. The average Bonchev–Trinajstić information content (AvgIpc) is 2.65. The van der Waals surface area contributed by atoms with Crippen LogP contribution >= 0.6 is 0 Å². The second kappa shape index (κ2) is 9.02. The van der Waals surface area contributed by atoms with Gasteiger partial charge in [0.25, 0.3) is 0 Å². The molecule has 136 valence electrons. The number of nitrogens with one attached hydrogen (secondary N) is 1. The molecule has 2 unspecified atom stereocenters. The van der Waals surface area contributed by atoms with Crippen LogP contribution in [-0.2, 0) is 16.0 Å². The average molecular weight is 342 g/mol. The second-order valence-electron chi connectivity index (χ2n) is 7.46. The summed E-state index contributed by atoms with van der Waals surface area (Å²) >= 11 is 0. The highest BCUT2D eigenvalue weighted by atomic mass is 16.2. The summed E-state index contributed by atoms with van der Waals surface area (Å²) in [5.41, 5.74) is 1.02. The number of rotatable bonds is 6. The molecule has 1 aliphatic heterocycles. The van der Waals surface area contributed by atoms with Crippen LogP contribution in [0.5, 0.6) is 0 Å². The highest BCUT2D eigenvalue weighted by Crippen LogP contribution is 2.35. The van der Waals surface area contributed by atoms with Gasteiger partial charge in [0.1, 0.15) is 0 Å². The van der Waals surface area contributed by atoms with Gasteiger partial charge in [-0.05, 0) is 43.6 Å². The van der Waals surface area contributed by atoms with Crippen LogP contribution < -0.4 is 5.32 Å². The number of hydrogen-bond donors (Lipinski definition) is 1. The van der Waals surface area contributed by atoms with Gasteiger partial charge in [-0.25, -0.2) is 0 Å². The Morgan fingerprint density at radius 1 is 1.04 bits per heavy atom. The lowest BCUT2D eigenvalue weighted by atomic mass is 9.78. The number of nitrogens with zero attached hydrogens (tertiary/aromatic N) is 1. The van der Waals surface area contributed by atoms with E-state index >= 15 is 0 Å². The zero-order chi connectivity index (χ0) is 17.5. The molecule has 0 bridgehead atoms. The summed E-state index contributed by atoms with van der Waals surface area (Å²) < 4.78 is 0. The van der Waals surface area contributed by atoms with E-state index in [-0.39, 0.29) is 11.8 Å². The molecule has 2 atom stereocenters. The summed E-state index contributed by atoms with van der Waals surface area (Å²) in [5.74, 6) is 1.05. The fourth-order valence-corrected chi connectivity index (χ4v) is 4.39. The molecular formula is C21H30N2O2. The lowest BCUT2D eigenvalue weighted by Crippen LogP contribution is -2.49. The van der Waals surface area contributed by atoms with Crippen molar-refractivity contribution in [1.29, 1.82) is 0 Å². The molecule has 1 heterocycles. The van der Waals surface area contributed by atoms with Crippen molar-refractivity contribution in [1.82, 2.24) is 10.2 Å². The maximum absolute atomic E-state index is 12.6. The molecule has 2 aliphatic rings. The van der Waals surface area contributed by atoms with Crippen LogP contribution in [0.1, 0.15) is 56.9 Å². The van der Waals surface area contributed by atoms with Gasteiger partial charge < -0.3 is 10.2 Å². The third-order valence-electron chi connectivity index (χ3n) is 5.66. The molecule has 2 fully saturated rings. The van der Waals surface area contributed by atoms with Crippen molar-refractivity contribution >= 4 is 11.8 Å². The molecule has 4 heteroatoms. The van der Waals surface area contributed by atoms with Crippen molar-refractivity contribution in [3.05, 3.63) is 35.9 Å². The van der Waals surface area contributed by atoms with Crippen molar-refractivity contribution in [2.45, 2.75) is 63.8 Å². The van der Waals surface area contributed by atoms with E-state index in [0.29, 0.717) is 25.4 Å². The third kappa shape index (κ3) is 5.07. The molecule has 0 spiro atoms. The summed E-state index contributed by atoms with van der Waals surface area (Å²) in [4.78, 5) is 26.7. The maximum Gasteiger partial charge on any atom is 0.224 e. The zero-order valence-electron chi connectivity index (χ0n) is 15.1. The molecule has 2 amide bonds. The smallest absolute Gasteiger partial charge is 0.224 e. The van der Waals surface area contributed by atoms with E-state index in [1.807, 2.05) is 30.3 Å². The minimum absolute atomic E-state index is 0.0315. The Morgan fingerprint density at radius 3 is 2.64 bits per heavy atom. The molecule has 0 radical (unpaired) electrons. The first-order valence-corrected chi connectivity index (χ1v) is 9.84. The van der Waals surface area contributed by atoms with E-state index in [1.165, 1.54) is 32.1 Å². The monoisotopic (exact) mass is 342 g/mol. The number of carbonyl (C=O) groups excluding carboxylic acids is 2. The maximum atomic E-state index is 12.6. The Hall–Kier alpha value is -1.84. The van der Waals surface area contributed by atoms with Gasteiger partial charge in [-0.15, -0.1) is 0 Å². The molecule has 1 aliphatic carbocycles. The molecule has 1 saturated carbocycles. The molecule has 1 N–H and O–H groups in total. The molecule has 0 aromatic heterocycles. The normalized spacial score (nSPS) is 23.0. The minimum atomic E-state index is 0.0315. The minimum Gasteiger partial charge on any atom is -0.356 e. The molecule has 3 rings (SSSR count). The number of carbonyl (C=O) groups is 2. The van der Waals surface area contributed by atoms with E-state index < -0.39 is 0 Å². The van der Waals surface area contributed by atoms with E-state index in [0.717, 1.165) is 30.9 Å². The number of likely N-dealkylation sites (tertiary alicyclic amines) is 1. The number of hydrogen-bond acceptors (Lipinski definition) is 2. The largest absolute Gasteiger partial charge is 0.356 e. The summed E-state index contributed by atoms with van der Waals surface area (Å²) in [7, 11) is 0. The van der Waals surface area contributed by atoms with Gasteiger partial charge in [0.05, 0.1) is 6.42 Å². The van der Waals surface area contributed by atoms with E-state index in [9.17, 15) is 9.59 Å². The Balaban J connectivity index is 1.37. The molecule has 25 heavy (non-hydrogen) atoms. The molecule has 4 nitrogen and oxygen atoms in total. The predicted octanol–water partition coefficient (Wildman–Crippen LogP) is 3.31. The van der Waals surface area contributed by atoms with Crippen LogP contribution in [0.2, 0.25) is 0 Å². The van der Waals surface area contributed by atoms with Gasteiger partial charge >= 0.3 is 0 Å². The Morgan fingerprint density at radius 2 is 1.80 bits per heavy atom. The van der Waals surface area contributed by atoms with Crippen LogP contribution in [0.3, 0.4) is 0 Å². The second-order valence-corrected chi connectivity index (χ2v) is 7.46. The van der Waals surface area contributed by atoms with Crippen molar-refractivity contribution < 1.29 is 9.59 Å². The van der Waals surface area contributed by atoms with Gasteiger partial charge in [-0.2, -0.15) is 0 Å². The first-order chi connectivity index (χ1) is 12.2. The number of fused-ring (bicyclic) bond motifs is 1. The Bertz CT molecular complexity index is 571. The zero-order valence-corrected chi connectivity index (χ0v) is 15.1. The van der Waals surface area contributed by atoms with Gasteiger partial charge in [-0.3, -0.25) is 9.59 Å². The fourth-order valence-electron chi connectivity index (χ4n) is 4.39. The summed E-state index contributed by atoms with van der Waals surface area (Å²) in [6.45, 7) is 1.51. The van der Waals surface area contributed by atoms with Gasteiger partial charge in [-0.1, -0.05) is 43.2 Å². The predicted molar refractivity (Wildman–Crippen MR) is 99.1 cm³/mol. The highest BCUT2D eigenvalue weighted by Gasteiger charge is 2.35. The number of piperidine rings is 1. The fraction of sp³-hybridized carbons (Fsp3) is 0.619. The molecule has 1 aromatic carbocycles. The van der Waals surface area contributed by atoms with Crippen molar-refractivity contribution in [2.75, 3.05) is 13.1 Å². The quantitative estimate of drug-likeness (QED) is 0.806. The molecule has 1 saturated heterocycles. The standard InChI is InChI=1S/C21H30N2O2/c24-20(16-17-8-2-1-3-9-17)22-14-6-13-21(25)23-15-7-11-18-10-4-5-12-19(18)23/h1-3,8-9,18-19H,4-7,10-16H2,(H,22,24). The summed E-state index contributed by atoms with van der Waals surface area (Å²) in [6, 6.07) is 10.2. The lowest BCUT2D eigenvalue weighted by Gasteiger charge is -2.44. The number of benzene rings is 1. The topological polar surface area (TPSA) is 49.4 Å². The van der Waals surface area contributed by atoms with Crippen LogP contribution in [-0.4, -0.2) is 35.8 Å². The van der Waals surface area contributed by atoms with E-state index in [2.05, 4.69) is 10.2 Å². The van der Waals surface area contributed by atoms with Gasteiger partial charge in [0, 0.05) is 25.6 Å². The summed E-state index contributed by atoms with van der Waals surface area (Å²) in [5, 5.41) is 2.94. The Kier molecular flexibility index (Phi) is 6.48. The molecule has 1 aromatic rings. The highest BCUT2D eigenvalue weighted by molar-refractivity contribution is 5.79. The Labute approximate surface area is 151 Å². The van der Waals surface area contributed by atoms with Crippen molar-refractivity contribution in [2.24, 2.45) is 5.92 Å². The number of amides is 2. The summed E-state index contributed by atoms with van der Waals surface area (Å²) in [6.07, 6.45) is 9.21. The van der Waals surface area contributed by atoms with Crippen LogP contribution in [0, 0.1) is 5.92 Å². The van der Waals surface area contributed by atoms with E-state index in [1.54, 1.807) is 0 Å². The SMILES string of the molecule is O=C(Cc1ccccc1)NCCCC(=O)N1CCCC2CCCCC21. The van der Waals surface area contributed by atoms with Crippen molar-refractivity contribution in [3.8, 4) is 0 Å². The first-order valence-electron chi connectivity index (χ1n) is 9.84. The van der Waals surface area contributed by atoms with Gasteiger partial charge in [0.15, 0.2) is 0 Å². The van der Waals surface area contributed by atoms with Crippen molar-refractivity contribution in [3.63, 3.8) is 0 Å². The first kappa shape index (κ1) is 18.0. The third-order valence-corrected chi connectivity index (χ3v) is 5.66. The van der Waals surface area contributed by atoms with E-state index in [4.69, 9.17) is 0 Å². The van der Waals surface area contributed by atoms with Crippen LogP contribution in [0.25, 0.3) is 0 Å². The van der Waals surface area contributed by atoms with Gasteiger partial charge in [0.2, 0.25) is 11.8 Å².